The van der Waals surface area contributed by atoms with Crippen molar-refractivity contribution in [2.75, 3.05) is 7.11 Å². The van der Waals surface area contributed by atoms with Crippen LogP contribution in [0.25, 0.3) is 0 Å². The van der Waals surface area contributed by atoms with Crippen LogP contribution in [0, 0.1) is 6.92 Å². The van der Waals surface area contributed by atoms with E-state index >= 15 is 0 Å². The summed E-state index contributed by atoms with van der Waals surface area (Å²) >= 11 is 0. The van der Waals surface area contributed by atoms with Gasteiger partial charge in [0.05, 0.1) is 13.4 Å². The summed E-state index contributed by atoms with van der Waals surface area (Å²) in [5.74, 6) is 1.19. The topological polar surface area (TPSA) is 68.5 Å². The van der Waals surface area contributed by atoms with Gasteiger partial charge >= 0.3 is 0 Å². The van der Waals surface area contributed by atoms with Crippen LogP contribution in [-0.2, 0) is 16.4 Å². The van der Waals surface area contributed by atoms with E-state index in [1.54, 1.807) is 18.4 Å². The molecule has 0 spiro atoms. The minimum Gasteiger partial charge on any atom is -0.495 e. The average Bonchev–Trinajstić information content (AvgIpc) is 2.98. The molecule has 0 saturated heterocycles. The van der Waals surface area contributed by atoms with E-state index in [1.807, 2.05) is 32.0 Å². The molecule has 0 radical (unpaired) electrons. The first kappa shape index (κ1) is 16.6. The number of hydrogen-bond acceptors (Lipinski definition) is 4. The predicted octanol–water partition coefficient (Wildman–Crippen LogP) is 2.90. The molecular formula is C16H21NO4S. The maximum absolute atomic E-state index is 12.5. The molecule has 0 fully saturated rings. The minimum atomic E-state index is -3.62. The molecule has 120 valence electrons. The van der Waals surface area contributed by atoms with Crippen molar-refractivity contribution in [1.29, 1.82) is 0 Å². The van der Waals surface area contributed by atoms with Crippen molar-refractivity contribution in [1.82, 2.24) is 4.72 Å². The van der Waals surface area contributed by atoms with Crippen molar-refractivity contribution < 1.29 is 17.6 Å². The van der Waals surface area contributed by atoms with Gasteiger partial charge < -0.3 is 9.15 Å². The summed E-state index contributed by atoms with van der Waals surface area (Å²) in [6.45, 7) is 3.68. The Kier molecular flexibility index (Phi) is 5.26. The van der Waals surface area contributed by atoms with Crippen LogP contribution >= 0.6 is 0 Å². The van der Waals surface area contributed by atoms with Crippen LogP contribution in [0.1, 0.15) is 24.7 Å². The molecule has 0 aliphatic heterocycles. The molecule has 6 heteroatoms. The van der Waals surface area contributed by atoms with E-state index < -0.39 is 10.0 Å². The SMILES string of the molecule is COc1ccc(C)cc1S(=O)(=O)N[C@@H](C)CCc1ccco1. The highest BCUT2D eigenvalue weighted by molar-refractivity contribution is 7.89. The highest BCUT2D eigenvalue weighted by Crippen LogP contribution is 2.25. The van der Waals surface area contributed by atoms with E-state index in [1.165, 1.54) is 7.11 Å². The van der Waals surface area contributed by atoms with E-state index in [9.17, 15) is 8.42 Å². The first-order valence-corrected chi connectivity index (χ1v) is 8.60. The molecule has 1 atom stereocenters. The zero-order valence-electron chi connectivity index (χ0n) is 13.0. The molecule has 1 N–H and O–H groups in total. The Hall–Kier alpha value is -1.79. The maximum Gasteiger partial charge on any atom is 0.244 e. The lowest BCUT2D eigenvalue weighted by atomic mass is 10.2. The number of furan rings is 1. The number of nitrogens with one attached hydrogen (secondary N) is 1. The number of rotatable bonds is 7. The lowest BCUT2D eigenvalue weighted by Crippen LogP contribution is -2.33. The molecule has 1 aromatic carbocycles. The summed E-state index contributed by atoms with van der Waals surface area (Å²) in [5.41, 5.74) is 0.865. The third-order valence-corrected chi connectivity index (χ3v) is 4.98. The van der Waals surface area contributed by atoms with E-state index in [0.717, 1.165) is 11.3 Å². The number of methoxy groups -OCH3 is 1. The van der Waals surface area contributed by atoms with E-state index in [4.69, 9.17) is 9.15 Å². The quantitative estimate of drug-likeness (QED) is 0.850. The zero-order chi connectivity index (χ0) is 16.2. The molecule has 5 nitrogen and oxygen atoms in total. The number of benzene rings is 1. The number of sulfonamides is 1. The van der Waals surface area contributed by atoms with E-state index in [0.29, 0.717) is 18.6 Å². The second-order valence-electron chi connectivity index (χ2n) is 5.29. The van der Waals surface area contributed by atoms with Gasteiger partial charge in [-0.05, 0) is 50.1 Å². The van der Waals surface area contributed by atoms with Gasteiger partial charge in [-0.1, -0.05) is 6.07 Å². The monoisotopic (exact) mass is 323 g/mol. The van der Waals surface area contributed by atoms with Crippen LogP contribution in [0.5, 0.6) is 5.75 Å². The Morgan fingerprint density at radius 1 is 1.32 bits per heavy atom. The van der Waals surface area contributed by atoms with Crippen LogP contribution in [0.2, 0.25) is 0 Å². The van der Waals surface area contributed by atoms with Gasteiger partial charge in [0.15, 0.2) is 0 Å². The zero-order valence-corrected chi connectivity index (χ0v) is 13.8. The molecule has 0 amide bonds. The molecule has 0 saturated carbocycles. The molecule has 1 heterocycles. The summed E-state index contributed by atoms with van der Waals surface area (Å²) in [7, 11) is -2.16. The van der Waals surface area contributed by atoms with Crippen molar-refractivity contribution >= 4 is 10.0 Å². The van der Waals surface area contributed by atoms with Crippen LogP contribution in [0.4, 0.5) is 0 Å². The fraction of sp³-hybridized carbons (Fsp3) is 0.375. The summed E-state index contributed by atoms with van der Waals surface area (Å²) < 4.78 is 38.1. The largest absolute Gasteiger partial charge is 0.495 e. The average molecular weight is 323 g/mol. The van der Waals surface area contributed by atoms with Crippen LogP contribution in [0.3, 0.4) is 0 Å². The van der Waals surface area contributed by atoms with Crippen LogP contribution in [-0.4, -0.2) is 21.6 Å². The Balaban J connectivity index is 2.08. The molecule has 0 aliphatic carbocycles. The molecule has 0 bridgehead atoms. The Morgan fingerprint density at radius 3 is 2.73 bits per heavy atom. The fourth-order valence-corrected chi connectivity index (χ4v) is 3.73. The molecular weight excluding hydrogens is 302 g/mol. The summed E-state index contributed by atoms with van der Waals surface area (Å²) in [6, 6.07) is 8.59. The van der Waals surface area contributed by atoms with Crippen molar-refractivity contribution in [3.63, 3.8) is 0 Å². The van der Waals surface area contributed by atoms with Crippen molar-refractivity contribution in [2.24, 2.45) is 0 Å². The molecule has 2 rings (SSSR count). The van der Waals surface area contributed by atoms with Crippen LogP contribution < -0.4 is 9.46 Å². The first-order chi connectivity index (χ1) is 10.4. The minimum absolute atomic E-state index is 0.167. The van der Waals surface area contributed by atoms with Gasteiger partial charge in [-0.3, -0.25) is 0 Å². The highest BCUT2D eigenvalue weighted by atomic mass is 32.2. The van der Waals surface area contributed by atoms with Crippen molar-refractivity contribution in [2.45, 2.75) is 37.6 Å². The van der Waals surface area contributed by atoms with Gasteiger partial charge in [0, 0.05) is 12.5 Å². The molecule has 0 unspecified atom stereocenters. The molecule has 22 heavy (non-hydrogen) atoms. The molecule has 2 aromatic rings. The summed E-state index contributed by atoms with van der Waals surface area (Å²) in [4.78, 5) is 0.167. The summed E-state index contributed by atoms with van der Waals surface area (Å²) in [6.07, 6.45) is 2.95. The van der Waals surface area contributed by atoms with Gasteiger partial charge in [0.1, 0.15) is 16.4 Å². The highest BCUT2D eigenvalue weighted by Gasteiger charge is 2.22. The third-order valence-electron chi connectivity index (χ3n) is 3.37. The standard InChI is InChI=1S/C16H21NO4S/c1-12-6-9-15(20-3)16(11-12)22(18,19)17-13(2)7-8-14-5-4-10-21-14/h4-6,9-11,13,17H,7-8H2,1-3H3/t13-/m0/s1. The maximum atomic E-state index is 12.5. The van der Waals surface area contributed by atoms with Crippen molar-refractivity contribution in [3.05, 3.63) is 47.9 Å². The molecule has 1 aromatic heterocycles. The third kappa shape index (κ3) is 4.11. The first-order valence-electron chi connectivity index (χ1n) is 7.11. The lowest BCUT2D eigenvalue weighted by Gasteiger charge is -2.16. The smallest absolute Gasteiger partial charge is 0.244 e. The summed E-state index contributed by atoms with van der Waals surface area (Å²) in [5, 5.41) is 0. The van der Waals surface area contributed by atoms with Gasteiger partial charge in [-0.15, -0.1) is 0 Å². The Morgan fingerprint density at radius 2 is 2.09 bits per heavy atom. The van der Waals surface area contributed by atoms with Gasteiger partial charge in [-0.2, -0.15) is 0 Å². The van der Waals surface area contributed by atoms with Crippen LogP contribution in [0.15, 0.2) is 45.9 Å². The van der Waals surface area contributed by atoms with Gasteiger partial charge in [0.25, 0.3) is 0 Å². The van der Waals surface area contributed by atoms with E-state index in [2.05, 4.69) is 4.72 Å². The normalized spacial score (nSPS) is 13.0. The van der Waals surface area contributed by atoms with Gasteiger partial charge in [-0.25, -0.2) is 13.1 Å². The lowest BCUT2D eigenvalue weighted by molar-refractivity contribution is 0.401. The fourth-order valence-electron chi connectivity index (χ4n) is 2.19. The number of ether oxygens (including phenoxy) is 1. The molecule has 0 aliphatic rings. The van der Waals surface area contributed by atoms with E-state index in [-0.39, 0.29) is 10.9 Å². The number of hydrogen-bond donors (Lipinski definition) is 1. The van der Waals surface area contributed by atoms with Crippen molar-refractivity contribution in [3.8, 4) is 5.75 Å². The second kappa shape index (κ2) is 6.98. The second-order valence-corrected chi connectivity index (χ2v) is 6.98. The van der Waals surface area contributed by atoms with Gasteiger partial charge in [0.2, 0.25) is 10.0 Å². The Labute approximate surface area is 131 Å². The number of aryl methyl sites for hydroxylation is 2. The predicted molar refractivity (Wildman–Crippen MR) is 84.5 cm³/mol. The Bertz CT molecular complexity index is 708.